The van der Waals surface area contributed by atoms with Crippen LogP contribution < -0.4 is 5.32 Å². The summed E-state index contributed by atoms with van der Waals surface area (Å²) in [4.78, 5) is 16.8. The lowest BCUT2D eigenvalue weighted by molar-refractivity contribution is 0.0901. The van der Waals surface area contributed by atoms with Crippen molar-refractivity contribution in [3.63, 3.8) is 0 Å². The van der Waals surface area contributed by atoms with Crippen LogP contribution in [0.15, 0.2) is 16.5 Å². The summed E-state index contributed by atoms with van der Waals surface area (Å²) in [5, 5.41) is 12.2. The molecule has 0 spiro atoms. The van der Waals surface area contributed by atoms with Crippen molar-refractivity contribution in [1.82, 2.24) is 15.1 Å². The van der Waals surface area contributed by atoms with Crippen molar-refractivity contribution in [1.29, 1.82) is 0 Å². The number of carbonyl (C=O) groups is 1. The van der Waals surface area contributed by atoms with Crippen LogP contribution in [-0.2, 0) is 6.54 Å². The summed E-state index contributed by atoms with van der Waals surface area (Å²) < 4.78 is 5.68. The van der Waals surface area contributed by atoms with Crippen molar-refractivity contribution in [2.24, 2.45) is 5.92 Å². The third-order valence-electron chi connectivity index (χ3n) is 5.04. The fraction of sp³-hybridized carbons (Fsp3) is 0.722. The van der Waals surface area contributed by atoms with Gasteiger partial charge in [0.1, 0.15) is 5.76 Å². The van der Waals surface area contributed by atoms with Gasteiger partial charge < -0.3 is 19.7 Å². The van der Waals surface area contributed by atoms with E-state index in [9.17, 15) is 9.90 Å². The first-order valence-corrected chi connectivity index (χ1v) is 9.17. The maximum atomic E-state index is 12.2. The number of nitrogens with zero attached hydrogens (tertiary/aromatic N) is 2. The van der Waals surface area contributed by atoms with Crippen molar-refractivity contribution in [2.75, 3.05) is 45.9 Å². The standard InChI is InChI=1S/C18H29N3O3/c22-14-15-4-3-10-21(12-15)11-7-19-18(23)17-6-5-16(24-17)13-20-8-1-2-9-20/h5-6,15,22H,1-4,7-14H2,(H,19,23). The summed E-state index contributed by atoms with van der Waals surface area (Å²) in [6.07, 6.45) is 4.73. The van der Waals surface area contributed by atoms with Crippen LogP contribution >= 0.6 is 0 Å². The quantitative estimate of drug-likeness (QED) is 0.786. The van der Waals surface area contributed by atoms with Crippen molar-refractivity contribution >= 4 is 5.91 Å². The van der Waals surface area contributed by atoms with E-state index in [-0.39, 0.29) is 12.5 Å². The molecular weight excluding hydrogens is 306 g/mol. The molecule has 0 radical (unpaired) electrons. The normalized spacial score (nSPS) is 22.8. The van der Waals surface area contributed by atoms with Gasteiger partial charge in [-0.3, -0.25) is 9.69 Å². The Hall–Kier alpha value is -1.37. The van der Waals surface area contributed by atoms with Crippen LogP contribution in [-0.4, -0.2) is 66.7 Å². The van der Waals surface area contributed by atoms with Crippen molar-refractivity contribution < 1.29 is 14.3 Å². The predicted octanol–water partition coefficient (Wildman–Crippen LogP) is 1.31. The molecule has 0 bridgehead atoms. The van der Waals surface area contributed by atoms with Crippen LogP contribution in [0.5, 0.6) is 0 Å². The largest absolute Gasteiger partial charge is 0.455 e. The summed E-state index contributed by atoms with van der Waals surface area (Å²) in [6.45, 7) is 6.70. The maximum absolute atomic E-state index is 12.2. The van der Waals surface area contributed by atoms with Gasteiger partial charge in [0.15, 0.2) is 5.76 Å². The number of piperidine rings is 1. The fourth-order valence-corrected chi connectivity index (χ4v) is 3.66. The van der Waals surface area contributed by atoms with E-state index in [1.54, 1.807) is 6.07 Å². The molecule has 3 heterocycles. The average Bonchev–Trinajstić information content (AvgIpc) is 3.27. The van der Waals surface area contributed by atoms with Crippen LogP contribution in [0.25, 0.3) is 0 Å². The van der Waals surface area contributed by atoms with Gasteiger partial charge in [0.25, 0.3) is 5.91 Å². The van der Waals surface area contributed by atoms with Crippen LogP contribution in [0.3, 0.4) is 0 Å². The van der Waals surface area contributed by atoms with Gasteiger partial charge in [0.2, 0.25) is 0 Å². The number of rotatable bonds is 7. The minimum Gasteiger partial charge on any atom is -0.455 e. The van der Waals surface area contributed by atoms with E-state index in [0.29, 0.717) is 18.2 Å². The highest BCUT2D eigenvalue weighted by atomic mass is 16.4. The van der Waals surface area contributed by atoms with Gasteiger partial charge in [0, 0.05) is 26.2 Å². The molecule has 2 N–H and O–H groups in total. The van der Waals surface area contributed by atoms with Crippen molar-refractivity contribution in [3.8, 4) is 0 Å². The second-order valence-electron chi connectivity index (χ2n) is 7.00. The summed E-state index contributed by atoms with van der Waals surface area (Å²) in [5.41, 5.74) is 0. The van der Waals surface area contributed by atoms with Crippen molar-refractivity contribution in [3.05, 3.63) is 23.7 Å². The molecule has 0 saturated carbocycles. The summed E-state index contributed by atoms with van der Waals surface area (Å²) in [7, 11) is 0. The Morgan fingerprint density at radius 3 is 2.79 bits per heavy atom. The topological polar surface area (TPSA) is 69.0 Å². The molecule has 2 fully saturated rings. The highest BCUT2D eigenvalue weighted by Gasteiger charge is 2.19. The van der Waals surface area contributed by atoms with E-state index in [1.807, 2.05) is 6.07 Å². The molecule has 6 nitrogen and oxygen atoms in total. The number of hydrogen-bond donors (Lipinski definition) is 2. The van der Waals surface area contributed by atoms with Crippen LogP contribution in [0, 0.1) is 5.92 Å². The zero-order chi connectivity index (χ0) is 16.8. The first-order chi connectivity index (χ1) is 11.7. The molecule has 2 aliphatic heterocycles. The molecule has 2 saturated heterocycles. The lowest BCUT2D eigenvalue weighted by atomic mass is 9.99. The maximum Gasteiger partial charge on any atom is 0.287 e. The number of aliphatic hydroxyl groups is 1. The zero-order valence-electron chi connectivity index (χ0n) is 14.4. The number of furan rings is 1. The molecule has 2 aliphatic rings. The molecular formula is C18H29N3O3. The third-order valence-corrected chi connectivity index (χ3v) is 5.04. The number of amides is 1. The van der Waals surface area contributed by atoms with Gasteiger partial charge in [-0.25, -0.2) is 0 Å². The van der Waals surface area contributed by atoms with E-state index in [0.717, 1.165) is 57.9 Å². The highest BCUT2D eigenvalue weighted by Crippen LogP contribution is 2.16. The van der Waals surface area contributed by atoms with Crippen LogP contribution in [0.2, 0.25) is 0 Å². The smallest absolute Gasteiger partial charge is 0.287 e. The number of carbonyl (C=O) groups excluding carboxylic acids is 1. The Kier molecular flexibility index (Phi) is 6.29. The number of hydrogen-bond acceptors (Lipinski definition) is 5. The second-order valence-corrected chi connectivity index (χ2v) is 7.00. The van der Waals surface area contributed by atoms with Gasteiger partial charge in [-0.05, 0) is 63.4 Å². The van der Waals surface area contributed by atoms with Gasteiger partial charge in [-0.2, -0.15) is 0 Å². The summed E-state index contributed by atoms with van der Waals surface area (Å²) in [5.74, 6) is 1.51. The lowest BCUT2D eigenvalue weighted by Gasteiger charge is -2.31. The van der Waals surface area contributed by atoms with Gasteiger partial charge in [-0.15, -0.1) is 0 Å². The minimum atomic E-state index is -0.140. The Bertz CT molecular complexity index is 525. The monoisotopic (exact) mass is 335 g/mol. The highest BCUT2D eigenvalue weighted by molar-refractivity contribution is 5.91. The van der Waals surface area contributed by atoms with E-state index in [2.05, 4.69) is 15.1 Å². The molecule has 1 unspecified atom stereocenters. The van der Waals surface area contributed by atoms with Gasteiger partial charge in [0.05, 0.1) is 6.54 Å². The minimum absolute atomic E-state index is 0.140. The number of nitrogens with one attached hydrogen (secondary N) is 1. The molecule has 1 amide bonds. The van der Waals surface area contributed by atoms with Crippen molar-refractivity contribution in [2.45, 2.75) is 32.2 Å². The Morgan fingerprint density at radius 2 is 2.00 bits per heavy atom. The Balaban J connectivity index is 1.39. The fourth-order valence-electron chi connectivity index (χ4n) is 3.66. The number of aliphatic hydroxyl groups excluding tert-OH is 1. The molecule has 1 atom stereocenters. The first kappa shape index (κ1) is 17.5. The molecule has 1 aromatic heterocycles. The molecule has 0 aromatic carbocycles. The van der Waals surface area contributed by atoms with E-state index < -0.39 is 0 Å². The Labute approximate surface area is 143 Å². The second kappa shape index (κ2) is 8.65. The van der Waals surface area contributed by atoms with Crippen LogP contribution in [0.4, 0.5) is 0 Å². The van der Waals surface area contributed by atoms with Crippen LogP contribution in [0.1, 0.15) is 42.0 Å². The lowest BCUT2D eigenvalue weighted by Crippen LogP contribution is -2.41. The first-order valence-electron chi connectivity index (χ1n) is 9.17. The van der Waals surface area contributed by atoms with E-state index in [1.165, 1.54) is 12.8 Å². The predicted molar refractivity (Wildman–Crippen MR) is 91.8 cm³/mol. The van der Waals surface area contributed by atoms with Gasteiger partial charge in [-0.1, -0.05) is 0 Å². The SMILES string of the molecule is O=C(NCCN1CCCC(CO)C1)c1ccc(CN2CCCC2)o1. The summed E-state index contributed by atoms with van der Waals surface area (Å²) >= 11 is 0. The number of likely N-dealkylation sites (tertiary alicyclic amines) is 2. The molecule has 3 rings (SSSR count). The molecule has 0 aliphatic carbocycles. The third kappa shape index (κ3) is 4.82. The van der Waals surface area contributed by atoms with Gasteiger partial charge >= 0.3 is 0 Å². The molecule has 134 valence electrons. The zero-order valence-corrected chi connectivity index (χ0v) is 14.4. The molecule has 24 heavy (non-hydrogen) atoms. The molecule has 1 aromatic rings. The molecule has 6 heteroatoms. The van der Waals surface area contributed by atoms with E-state index in [4.69, 9.17) is 4.42 Å². The van der Waals surface area contributed by atoms with E-state index >= 15 is 0 Å². The summed E-state index contributed by atoms with van der Waals surface area (Å²) in [6, 6.07) is 3.67. The Morgan fingerprint density at radius 1 is 1.21 bits per heavy atom. The average molecular weight is 335 g/mol.